The van der Waals surface area contributed by atoms with Gasteiger partial charge in [0.05, 0.1) is 18.7 Å². The quantitative estimate of drug-likeness (QED) is 0.713. The van der Waals surface area contributed by atoms with Crippen LogP contribution in [0.1, 0.15) is 21.8 Å². The van der Waals surface area contributed by atoms with Crippen LogP contribution in [0.4, 0.5) is 0 Å². The SMILES string of the molecule is Cc1cccc(OCCNC(=O)Cc2nc(CC(=O)[O-])cs2)c1C. The highest BCUT2D eigenvalue weighted by molar-refractivity contribution is 7.09. The number of hydrogen-bond donors (Lipinski definition) is 1. The second-order valence-electron chi connectivity index (χ2n) is 5.35. The monoisotopic (exact) mass is 347 g/mol. The summed E-state index contributed by atoms with van der Waals surface area (Å²) < 4.78 is 5.67. The summed E-state index contributed by atoms with van der Waals surface area (Å²) >= 11 is 1.27. The molecule has 1 N–H and O–H groups in total. The average Bonchev–Trinajstić information content (AvgIpc) is 2.93. The summed E-state index contributed by atoms with van der Waals surface area (Å²) in [6.07, 6.45) is -0.108. The largest absolute Gasteiger partial charge is 0.550 e. The van der Waals surface area contributed by atoms with E-state index in [-0.39, 0.29) is 18.7 Å². The minimum atomic E-state index is -1.18. The smallest absolute Gasteiger partial charge is 0.226 e. The van der Waals surface area contributed by atoms with Crippen molar-refractivity contribution in [3.63, 3.8) is 0 Å². The van der Waals surface area contributed by atoms with E-state index >= 15 is 0 Å². The van der Waals surface area contributed by atoms with E-state index in [1.807, 2.05) is 32.0 Å². The number of thiazole rings is 1. The van der Waals surface area contributed by atoms with Crippen LogP contribution in [-0.4, -0.2) is 30.0 Å². The van der Waals surface area contributed by atoms with E-state index in [1.54, 1.807) is 5.38 Å². The molecule has 0 bridgehead atoms. The molecule has 0 aliphatic rings. The molecule has 0 spiro atoms. The molecule has 0 radical (unpaired) electrons. The summed E-state index contributed by atoms with van der Waals surface area (Å²) in [4.78, 5) is 26.4. The summed E-state index contributed by atoms with van der Waals surface area (Å²) in [7, 11) is 0. The fraction of sp³-hybridized carbons (Fsp3) is 0.353. The van der Waals surface area contributed by atoms with Gasteiger partial charge in [0.15, 0.2) is 0 Å². The summed E-state index contributed by atoms with van der Waals surface area (Å²) in [5.74, 6) is -0.537. The van der Waals surface area contributed by atoms with Crippen LogP contribution in [0.25, 0.3) is 0 Å². The number of carbonyl (C=O) groups excluding carboxylic acids is 2. The van der Waals surface area contributed by atoms with Crippen LogP contribution >= 0.6 is 11.3 Å². The molecule has 0 aliphatic carbocycles. The van der Waals surface area contributed by atoms with Crippen molar-refractivity contribution in [2.45, 2.75) is 26.7 Å². The molecule has 1 aromatic heterocycles. The molecular weight excluding hydrogens is 328 g/mol. The van der Waals surface area contributed by atoms with Gasteiger partial charge in [0.1, 0.15) is 17.4 Å². The molecule has 0 atom stereocenters. The predicted octanol–water partition coefficient (Wildman–Crippen LogP) is 0.790. The van der Waals surface area contributed by atoms with Crippen molar-refractivity contribution < 1.29 is 19.4 Å². The zero-order valence-electron chi connectivity index (χ0n) is 13.6. The fourth-order valence-electron chi connectivity index (χ4n) is 2.09. The lowest BCUT2D eigenvalue weighted by Gasteiger charge is -2.11. The van der Waals surface area contributed by atoms with Gasteiger partial charge in [0, 0.05) is 17.8 Å². The Morgan fingerprint density at radius 2 is 2.08 bits per heavy atom. The van der Waals surface area contributed by atoms with E-state index in [0.29, 0.717) is 23.9 Å². The number of carboxylic acids is 1. The lowest BCUT2D eigenvalue weighted by molar-refractivity contribution is -0.304. The molecule has 0 saturated carbocycles. The summed E-state index contributed by atoms with van der Waals surface area (Å²) in [6.45, 7) is 4.79. The number of aromatic nitrogens is 1. The van der Waals surface area contributed by atoms with E-state index in [0.717, 1.165) is 16.9 Å². The van der Waals surface area contributed by atoms with Crippen molar-refractivity contribution in [1.29, 1.82) is 0 Å². The maximum absolute atomic E-state index is 11.8. The number of aryl methyl sites for hydroxylation is 1. The maximum Gasteiger partial charge on any atom is 0.226 e. The normalized spacial score (nSPS) is 10.4. The number of nitrogens with zero attached hydrogens (tertiary/aromatic N) is 1. The number of hydrogen-bond acceptors (Lipinski definition) is 6. The van der Waals surface area contributed by atoms with E-state index in [4.69, 9.17) is 4.74 Å². The summed E-state index contributed by atoms with van der Waals surface area (Å²) in [5.41, 5.74) is 2.67. The molecule has 1 heterocycles. The number of benzene rings is 1. The molecular formula is C17H19N2O4S-. The number of amides is 1. The van der Waals surface area contributed by atoms with Crippen LogP contribution in [0.2, 0.25) is 0 Å². The lowest BCUT2D eigenvalue weighted by Crippen LogP contribution is -2.29. The topological polar surface area (TPSA) is 91.3 Å². The minimum absolute atomic E-state index is 0.126. The van der Waals surface area contributed by atoms with Crippen LogP contribution in [0.15, 0.2) is 23.6 Å². The van der Waals surface area contributed by atoms with E-state index in [9.17, 15) is 14.7 Å². The molecule has 1 aromatic carbocycles. The van der Waals surface area contributed by atoms with Crippen molar-refractivity contribution in [2.24, 2.45) is 0 Å². The highest BCUT2D eigenvalue weighted by Gasteiger charge is 2.08. The van der Waals surface area contributed by atoms with Crippen molar-refractivity contribution in [3.8, 4) is 5.75 Å². The Bertz CT molecular complexity index is 727. The molecule has 6 nitrogen and oxygen atoms in total. The van der Waals surface area contributed by atoms with Crippen LogP contribution in [-0.2, 0) is 22.4 Å². The Morgan fingerprint density at radius 1 is 1.29 bits per heavy atom. The molecule has 2 aromatic rings. The summed E-state index contributed by atoms with van der Waals surface area (Å²) in [5, 5.41) is 15.5. The fourth-order valence-corrected chi connectivity index (χ4v) is 2.88. The van der Waals surface area contributed by atoms with Crippen LogP contribution in [0, 0.1) is 13.8 Å². The molecule has 128 valence electrons. The van der Waals surface area contributed by atoms with Gasteiger partial charge in [-0.25, -0.2) is 4.98 Å². The Balaban J connectivity index is 1.72. The molecule has 0 saturated heterocycles. The molecule has 0 unspecified atom stereocenters. The van der Waals surface area contributed by atoms with Gasteiger partial charge in [-0.3, -0.25) is 4.79 Å². The van der Waals surface area contributed by atoms with Crippen molar-refractivity contribution >= 4 is 23.2 Å². The first-order valence-electron chi connectivity index (χ1n) is 7.54. The lowest BCUT2D eigenvalue weighted by atomic mass is 10.1. The van der Waals surface area contributed by atoms with Gasteiger partial charge in [0.2, 0.25) is 5.91 Å². The van der Waals surface area contributed by atoms with Crippen molar-refractivity contribution in [3.05, 3.63) is 45.4 Å². The standard InChI is InChI=1S/C17H20N2O4S/c1-11-4-3-5-14(12(11)2)23-7-6-18-15(20)9-16-19-13(10-24-16)8-17(21)22/h3-5,10H,6-9H2,1-2H3,(H,18,20)(H,21,22)/p-1. The predicted molar refractivity (Wildman–Crippen MR) is 88.9 cm³/mol. The zero-order chi connectivity index (χ0) is 17.5. The number of nitrogens with one attached hydrogen (secondary N) is 1. The second-order valence-corrected chi connectivity index (χ2v) is 6.30. The molecule has 2 rings (SSSR count). The highest BCUT2D eigenvalue weighted by Crippen LogP contribution is 2.20. The molecule has 0 aliphatic heterocycles. The number of rotatable bonds is 8. The van der Waals surface area contributed by atoms with Crippen LogP contribution in [0.3, 0.4) is 0 Å². The third kappa shape index (κ3) is 5.34. The average molecular weight is 347 g/mol. The molecule has 0 fully saturated rings. The summed E-state index contributed by atoms with van der Waals surface area (Å²) in [6, 6.07) is 5.86. The van der Waals surface area contributed by atoms with Crippen LogP contribution < -0.4 is 15.2 Å². The van der Waals surface area contributed by atoms with Gasteiger partial charge in [0.25, 0.3) is 0 Å². The minimum Gasteiger partial charge on any atom is -0.550 e. The van der Waals surface area contributed by atoms with E-state index in [2.05, 4.69) is 10.3 Å². The molecule has 7 heteroatoms. The van der Waals surface area contributed by atoms with Gasteiger partial charge >= 0.3 is 0 Å². The Hall–Kier alpha value is -2.41. The first kappa shape index (κ1) is 17.9. The zero-order valence-corrected chi connectivity index (χ0v) is 14.4. The Labute approximate surface area is 144 Å². The maximum atomic E-state index is 11.8. The van der Waals surface area contributed by atoms with E-state index in [1.165, 1.54) is 11.3 Å². The third-order valence-electron chi connectivity index (χ3n) is 3.47. The van der Waals surface area contributed by atoms with Crippen molar-refractivity contribution in [2.75, 3.05) is 13.2 Å². The number of carbonyl (C=O) groups is 2. The van der Waals surface area contributed by atoms with Gasteiger partial charge in [-0.05, 0) is 31.0 Å². The third-order valence-corrected chi connectivity index (χ3v) is 4.37. The van der Waals surface area contributed by atoms with Gasteiger partial charge in [-0.15, -0.1) is 11.3 Å². The Kier molecular flexibility index (Phi) is 6.31. The highest BCUT2D eigenvalue weighted by atomic mass is 32.1. The number of carboxylic acid groups (broad SMARTS) is 1. The van der Waals surface area contributed by atoms with Crippen LogP contribution in [0.5, 0.6) is 5.75 Å². The first-order valence-corrected chi connectivity index (χ1v) is 8.42. The van der Waals surface area contributed by atoms with Gasteiger partial charge in [-0.2, -0.15) is 0 Å². The number of ether oxygens (including phenoxy) is 1. The van der Waals surface area contributed by atoms with Gasteiger partial charge in [-0.1, -0.05) is 12.1 Å². The molecule has 1 amide bonds. The number of aliphatic carboxylic acids is 1. The Morgan fingerprint density at radius 3 is 2.83 bits per heavy atom. The second kappa shape index (κ2) is 8.44. The van der Waals surface area contributed by atoms with Gasteiger partial charge < -0.3 is 20.0 Å². The van der Waals surface area contributed by atoms with Crippen molar-refractivity contribution in [1.82, 2.24) is 10.3 Å². The van der Waals surface area contributed by atoms with E-state index < -0.39 is 5.97 Å². The first-order chi connectivity index (χ1) is 11.5. The molecule has 24 heavy (non-hydrogen) atoms.